The maximum Gasteiger partial charge on any atom is 0.339 e. The Hall–Kier alpha value is -4.97. The third kappa shape index (κ3) is 11.8. The first kappa shape index (κ1) is 45.1. The molecule has 0 amide bonds. The molecule has 0 aliphatic carbocycles. The molecule has 0 radical (unpaired) electrons. The summed E-state index contributed by atoms with van der Waals surface area (Å²) in [5, 5.41) is 100. The van der Waals surface area contributed by atoms with Gasteiger partial charge in [-0.15, -0.1) is 0 Å². The van der Waals surface area contributed by atoms with Gasteiger partial charge in [0.1, 0.15) is 85.9 Å². The zero-order valence-electron chi connectivity index (χ0n) is 31.2. The molecule has 0 aromatic heterocycles. The number of carbonyl (C=O) groups is 3. The number of esters is 3. The summed E-state index contributed by atoms with van der Waals surface area (Å²) in [6.45, 7) is -2.42. The van der Waals surface area contributed by atoms with Gasteiger partial charge in [-0.1, -0.05) is 36.4 Å². The van der Waals surface area contributed by atoms with Crippen molar-refractivity contribution in [2.24, 2.45) is 0 Å². The number of aromatic hydroxyl groups is 1. The molecule has 0 saturated carbocycles. The van der Waals surface area contributed by atoms with Crippen LogP contribution in [-0.4, -0.2) is 149 Å². The Morgan fingerprint density at radius 3 is 1.25 bits per heavy atom. The number of hydrogen-bond acceptors (Lipinski definition) is 20. The number of aliphatic hydroxyl groups excluding tert-OH is 8. The molecule has 0 bridgehead atoms. The second-order valence-corrected chi connectivity index (χ2v) is 13.9. The van der Waals surface area contributed by atoms with Crippen molar-refractivity contribution in [3.05, 3.63) is 89.5 Å². The van der Waals surface area contributed by atoms with Gasteiger partial charge in [-0.2, -0.15) is 0 Å². The normalized spacial score (nSPS) is 27.8. The average molecular weight is 835 g/mol. The zero-order valence-corrected chi connectivity index (χ0v) is 31.2. The van der Waals surface area contributed by atoms with Crippen molar-refractivity contribution >= 4 is 17.9 Å². The molecule has 20 heteroatoms. The van der Waals surface area contributed by atoms with E-state index < -0.39 is 118 Å². The van der Waals surface area contributed by atoms with Crippen molar-refractivity contribution in [1.82, 2.24) is 0 Å². The fourth-order valence-electron chi connectivity index (χ4n) is 5.92. The first-order valence-electron chi connectivity index (χ1n) is 18.2. The second kappa shape index (κ2) is 20.3. The molecule has 11 atom stereocenters. The van der Waals surface area contributed by atoms with Crippen molar-refractivity contribution in [2.75, 3.05) is 13.2 Å². The number of ether oxygens (including phenoxy) is 7. The van der Waals surface area contributed by atoms with Crippen LogP contribution in [0.25, 0.3) is 0 Å². The van der Waals surface area contributed by atoms with Crippen LogP contribution in [0.4, 0.5) is 0 Å². The van der Waals surface area contributed by atoms with Gasteiger partial charge < -0.3 is 84.2 Å². The van der Waals surface area contributed by atoms with Crippen LogP contribution in [0.3, 0.4) is 0 Å². The van der Waals surface area contributed by atoms with Crippen LogP contribution in [0.15, 0.2) is 72.8 Å². The van der Waals surface area contributed by atoms with Gasteiger partial charge >= 0.3 is 17.9 Å². The summed E-state index contributed by atoms with van der Waals surface area (Å²) in [6.07, 6.45) is -17.1. The maximum atomic E-state index is 13.3. The summed E-state index contributed by atoms with van der Waals surface area (Å²) in [5.74, 6) is -3.31. The monoisotopic (exact) mass is 834 g/mol. The van der Waals surface area contributed by atoms with E-state index in [-0.39, 0.29) is 30.5 Å². The molecule has 2 fully saturated rings. The number of benzene rings is 3. The van der Waals surface area contributed by atoms with Gasteiger partial charge in [0.25, 0.3) is 0 Å². The second-order valence-electron chi connectivity index (χ2n) is 13.9. The summed E-state index contributed by atoms with van der Waals surface area (Å²) in [6, 6.07) is 17.1. The summed E-state index contributed by atoms with van der Waals surface area (Å²) in [5.41, 5.74) is -1.54. The Bertz CT molecular complexity index is 1820. The predicted octanol–water partition coefficient (Wildman–Crippen LogP) is -2.21. The fourth-order valence-corrected chi connectivity index (χ4v) is 5.92. The van der Waals surface area contributed by atoms with Gasteiger partial charge in [-0.05, 0) is 53.1 Å². The lowest BCUT2D eigenvalue weighted by Crippen LogP contribution is -2.60. The summed E-state index contributed by atoms with van der Waals surface area (Å²) in [7, 11) is 0. The predicted molar refractivity (Wildman–Crippen MR) is 193 cm³/mol. The van der Waals surface area contributed by atoms with Crippen LogP contribution < -0.4 is 9.47 Å². The number of rotatable bonds is 17. The molecular weight excluding hydrogens is 788 g/mol. The van der Waals surface area contributed by atoms with E-state index in [9.17, 15) is 65.4 Å². The lowest BCUT2D eigenvalue weighted by molar-refractivity contribution is -0.277. The Labute approximate surface area is 335 Å². The van der Waals surface area contributed by atoms with Gasteiger partial charge in [-0.25, -0.2) is 4.79 Å². The lowest BCUT2D eigenvalue weighted by atomic mass is 9.95. The van der Waals surface area contributed by atoms with Crippen molar-refractivity contribution in [1.29, 1.82) is 0 Å². The molecule has 3 aromatic rings. The van der Waals surface area contributed by atoms with Crippen molar-refractivity contribution in [3.8, 4) is 17.2 Å². The number of phenols is 1. The number of aliphatic hydroxyl groups is 9. The zero-order chi connectivity index (χ0) is 42.9. The van der Waals surface area contributed by atoms with Crippen LogP contribution in [0.2, 0.25) is 0 Å². The third-order valence-electron chi connectivity index (χ3n) is 9.41. The van der Waals surface area contributed by atoms with Gasteiger partial charge in [0.2, 0.25) is 12.6 Å². The average Bonchev–Trinajstić information content (AvgIpc) is 3.23. The Balaban J connectivity index is 1.18. The first-order chi connectivity index (χ1) is 28.1. The molecule has 59 heavy (non-hydrogen) atoms. The Morgan fingerprint density at radius 2 is 0.881 bits per heavy atom. The van der Waals surface area contributed by atoms with Gasteiger partial charge in [-0.3, -0.25) is 9.59 Å². The van der Waals surface area contributed by atoms with Crippen molar-refractivity contribution < 1.29 is 98.6 Å². The van der Waals surface area contributed by atoms with E-state index in [1.165, 1.54) is 72.8 Å². The molecule has 2 aliphatic heterocycles. The lowest BCUT2D eigenvalue weighted by Gasteiger charge is -2.39. The molecule has 322 valence electrons. The van der Waals surface area contributed by atoms with E-state index in [1.54, 1.807) is 0 Å². The van der Waals surface area contributed by atoms with E-state index in [0.717, 1.165) is 0 Å². The number of hydrogen-bond donors (Lipinski definition) is 10. The quantitative estimate of drug-likeness (QED) is 0.0509. The molecule has 2 saturated heterocycles. The minimum atomic E-state index is -2.77. The number of phenolic OH excluding ortho intramolecular Hbond substituents is 1. The van der Waals surface area contributed by atoms with Gasteiger partial charge in [0, 0.05) is 0 Å². The molecule has 5 rings (SSSR count). The molecule has 3 aromatic carbocycles. The SMILES string of the molecule is O=C(CC(O)(CC(=O)OCc1ccc(O[C@@H]2O[C@H](CO)[C@@H](O)[C@H](O)[C@H]2O)cc1)C(=O)OCc1ccc(O[C@@H]2O[C@H](CO)[C@@H](O)[C@H](O)[C@H]2O)cc1)OCc1ccc(O)cc1. The molecular formula is C39H46O20. The summed E-state index contributed by atoms with van der Waals surface area (Å²) < 4.78 is 37.5. The maximum absolute atomic E-state index is 13.3. The summed E-state index contributed by atoms with van der Waals surface area (Å²) in [4.78, 5) is 39.2. The fraction of sp³-hybridized carbons (Fsp3) is 0.462. The number of carbonyl (C=O) groups excluding carboxylic acids is 3. The molecule has 2 heterocycles. The highest BCUT2D eigenvalue weighted by Gasteiger charge is 2.46. The molecule has 2 aliphatic rings. The van der Waals surface area contributed by atoms with Crippen LogP contribution in [0, 0.1) is 0 Å². The standard InChI is InChI=1S/C39H46O20/c40-15-26-30(45)32(47)34(49)36(58-26)56-24-9-3-21(4-10-24)18-54-29(44)14-39(52,13-28(43)53-17-20-1-7-23(42)8-2-20)38(51)55-19-22-5-11-25(12-6-22)57-37-35(50)33(48)31(46)27(16-41)59-37/h1-12,26-27,30-37,40-42,45-50,52H,13-19H2/t26-,27-,30-,31-,32+,33+,34-,35-,36-,37-,39?/m1/s1. The van der Waals surface area contributed by atoms with E-state index >= 15 is 0 Å². The molecule has 10 N–H and O–H groups in total. The highest BCUT2D eigenvalue weighted by atomic mass is 16.7. The van der Waals surface area contributed by atoms with E-state index in [0.29, 0.717) is 16.7 Å². The third-order valence-corrected chi connectivity index (χ3v) is 9.41. The largest absolute Gasteiger partial charge is 0.508 e. The highest BCUT2D eigenvalue weighted by molar-refractivity contribution is 5.90. The minimum absolute atomic E-state index is 0.0240. The van der Waals surface area contributed by atoms with Crippen LogP contribution in [0.1, 0.15) is 29.5 Å². The summed E-state index contributed by atoms with van der Waals surface area (Å²) >= 11 is 0. The molecule has 1 unspecified atom stereocenters. The van der Waals surface area contributed by atoms with Gasteiger partial charge in [0.15, 0.2) is 5.60 Å². The Kier molecular flexibility index (Phi) is 15.5. The molecule has 20 nitrogen and oxygen atoms in total. The first-order valence-corrected chi connectivity index (χ1v) is 18.2. The smallest absolute Gasteiger partial charge is 0.339 e. The Morgan fingerprint density at radius 1 is 0.525 bits per heavy atom. The highest BCUT2D eigenvalue weighted by Crippen LogP contribution is 2.27. The van der Waals surface area contributed by atoms with Crippen molar-refractivity contribution in [2.45, 2.75) is 99.7 Å². The van der Waals surface area contributed by atoms with Crippen LogP contribution >= 0.6 is 0 Å². The minimum Gasteiger partial charge on any atom is -0.508 e. The van der Waals surface area contributed by atoms with E-state index in [2.05, 4.69) is 0 Å². The molecule has 0 spiro atoms. The van der Waals surface area contributed by atoms with Crippen LogP contribution in [-0.2, 0) is 57.9 Å². The van der Waals surface area contributed by atoms with Gasteiger partial charge in [0.05, 0.1) is 26.1 Å². The van der Waals surface area contributed by atoms with E-state index in [4.69, 9.17) is 33.2 Å². The van der Waals surface area contributed by atoms with Crippen LogP contribution in [0.5, 0.6) is 17.2 Å². The van der Waals surface area contributed by atoms with Crippen molar-refractivity contribution in [3.63, 3.8) is 0 Å². The van der Waals surface area contributed by atoms with E-state index in [1.807, 2.05) is 0 Å². The topological polar surface area (TPSA) is 318 Å².